The monoisotopic (exact) mass is 345 g/mol. The predicted molar refractivity (Wildman–Crippen MR) is 93.1 cm³/mol. The van der Waals surface area contributed by atoms with Crippen molar-refractivity contribution in [2.24, 2.45) is 0 Å². The van der Waals surface area contributed by atoms with Crippen LogP contribution in [0.3, 0.4) is 0 Å². The van der Waals surface area contributed by atoms with E-state index >= 15 is 0 Å². The molecule has 1 aromatic heterocycles. The normalized spacial score (nSPS) is 19.5. The number of benzene rings is 1. The summed E-state index contributed by atoms with van der Waals surface area (Å²) in [6.45, 7) is 3.52. The molecule has 0 radical (unpaired) electrons. The van der Waals surface area contributed by atoms with Crippen molar-refractivity contribution in [1.82, 2.24) is 15.2 Å². The third-order valence-corrected chi connectivity index (χ3v) is 4.54. The molecule has 3 heterocycles. The van der Waals surface area contributed by atoms with E-state index in [2.05, 4.69) is 10.3 Å². The molecule has 1 fully saturated rings. The predicted octanol–water partition coefficient (Wildman–Crippen LogP) is 2.32. The number of hydrogen-bond donors (Lipinski definition) is 1. The average molecular weight is 346 g/mol. The van der Waals surface area contributed by atoms with Crippen molar-refractivity contribution < 1.29 is 9.53 Å². The lowest BCUT2D eigenvalue weighted by Gasteiger charge is -2.36. The maximum atomic E-state index is 13.0. The number of amides is 1. The van der Waals surface area contributed by atoms with Gasteiger partial charge < -0.3 is 15.0 Å². The van der Waals surface area contributed by atoms with Crippen LogP contribution in [0, 0.1) is 0 Å². The molecule has 0 saturated carbocycles. The maximum absolute atomic E-state index is 13.0. The molecule has 1 atom stereocenters. The Labute approximate surface area is 147 Å². The first kappa shape index (κ1) is 16.9. The minimum atomic E-state index is 0. The molecular formula is C18H20ClN3O2. The molecule has 1 amide bonds. The first-order valence-corrected chi connectivity index (χ1v) is 7.94. The zero-order chi connectivity index (χ0) is 15.6. The van der Waals surface area contributed by atoms with E-state index in [0.717, 1.165) is 29.8 Å². The maximum Gasteiger partial charge on any atom is 0.254 e. The molecule has 1 saturated heterocycles. The van der Waals surface area contributed by atoms with Crippen molar-refractivity contribution in [3.8, 4) is 0 Å². The Morgan fingerprint density at radius 2 is 2.12 bits per heavy atom. The Balaban J connectivity index is 0.00000169. The molecule has 1 aromatic carbocycles. The van der Waals surface area contributed by atoms with Crippen molar-refractivity contribution in [3.05, 3.63) is 65.0 Å². The van der Waals surface area contributed by atoms with Gasteiger partial charge in [-0.1, -0.05) is 12.1 Å². The van der Waals surface area contributed by atoms with Gasteiger partial charge >= 0.3 is 0 Å². The van der Waals surface area contributed by atoms with Crippen LogP contribution in [0.15, 0.2) is 42.7 Å². The third kappa shape index (κ3) is 3.15. The largest absolute Gasteiger partial charge is 0.372 e. The number of ether oxygens (including phenoxy) is 1. The second-order valence-corrected chi connectivity index (χ2v) is 5.98. The molecule has 6 heteroatoms. The molecule has 1 unspecified atom stereocenters. The highest BCUT2D eigenvalue weighted by Crippen LogP contribution is 2.26. The molecule has 5 nitrogen and oxygen atoms in total. The fourth-order valence-corrected chi connectivity index (χ4v) is 3.29. The van der Waals surface area contributed by atoms with Gasteiger partial charge in [0.2, 0.25) is 0 Å². The standard InChI is InChI=1S/C18H19N3O2.ClH/c22-18(13-3-4-15-11-23-12-16(15)8-13)21-7-6-20-10-17(21)14-2-1-5-19-9-14;/h1-5,8-9,17,20H,6-7,10-12H2;1H. The van der Waals surface area contributed by atoms with Crippen LogP contribution in [0.25, 0.3) is 0 Å². The van der Waals surface area contributed by atoms with E-state index in [-0.39, 0.29) is 24.4 Å². The summed E-state index contributed by atoms with van der Waals surface area (Å²) < 4.78 is 5.44. The number of fused-ring (bicyclic) bond motifs is 1. The summed E-state index contributed by atoms with van der Waals surface area (Å²) in [6, 6.07) is 9.87. The summed E-state index contributed by atoms with van der Waals surface area (Å²) in [5.41, 5.74) is 4.12. The van der Waals surface area contributed by atoms with E-state index in [1.54, 1.807) is 6.20 Å². The van der Waals surface area contributed by atoms with Crippen LogP contribution in [-0.2, 0) is 18.0 Å². The number of nitrogens with zero attached hydrogens (tertiary/aromatic N) is 2. The number of piperazine rings is 1. The van der Waals surface area contributed by atoms with Gasteiger partial charge in [-0.05, 0) is 34.9 Å². The quantitative estimate of drug-likeness (QED) is 0.907. The highest BCUT2D eigenvalue weighted by atomic mass is 35.5. The van der Waals surface area contributed by atoms with E-state index in [1.165, 1.54) is 5.56 Å². The minimum Gasteiger partial charge on any atom is -0.372 e. The number of aromatic nitrogens is 1. The van der Waals surface area contributed by atoms with Crippen molar-refractivity contribution in [2.75, 3.05) is 19.6 Å². The molecule has 4 rings (SSSR count). The number of carbonyl (C=O) groups is 1. The van der Waals surface area contributed by atoms with Gasteiger partial charge in [-0.3, -0.25) is 9.78 Å². The highest BCUT2D eigenvalue weighted by molar-refractivity contribution is 5.95. The number of pyridine rings is 1. The lowest BCUT2D eigenvalue weighted by molar-refractivity contribution is 0.0634. The Hall–Kier alpha value is -1.95. The van der Waals surface area contributed by atoms with Gasteiger partial charge in [0.05, 0.1) is 19.3 Å². The van der Waals surface area contributed by atoms with Crippen LogP contribution in [0.5, 0.6) is 0 Å². The Morgan fingerprint density at radius 3 is 2.96 bits per heavy atom. The van der Waals surface area contributed by atoms with Crippen LogP contribution >= 0.6 is 12.4 Å². The van der Waals surface area contributed by atoms with Crippen molar-refractivity contribution >= 4 is 18.3 Å². The fraction of sp³-hybridized carbons (Fsp3) is 0.333. The number of rotatable bonds is 2. The summed E-state index contributed by atoms with van der Waals surface area (Å²) in [5, 5.41) is 3.37. The molecule has 0 aliphatic carbocycles. The van der Waals surface area contributed by atoms with Gasteiger partial charge in [0.1, 0.15) is 0 Å². The number of nitrogens with one attached hydrogen (secondary N) is 1. The Bertz CT molecular complexity index is 723. The van der Waals surface area contributed by atoms with Gasteiger partial charge in [0.25, 0.3) is 5.91 Å². The second-order valence-electron chi connectivity index (χ2n) is 5.98. The van der Waals surface area contributed by atoms with Gasteiger partial charge in [0.15, 0.2) is 0 Å². The van der Waals surface area contributed by atoms with Gasteiger partial charge in [-0.2, -0.15) is 0 Å². The molecular weight excluding hydrogens is 326 g/mol. The van der Waals surface area contributed by atoms with Crippen LogP contribution in [0.2, 0.25) is 0 Å². The van der Waals surface area contributed by atoms with Gasteiger partial charge in [-0.15, -0.1) is 12.4 Å². The summed E-state index contributed by atoms with van der Waals surface area (Å²) in [6.07, 6.45) is 3.60. The topological polar surface area (TPSA) is 54.5 Å². The van der Waals surface area contributed by atoms with Crippen LogP contribution in [0.4, 0.5) is 0 Å². The van der Waals surface area contributed by atoms with E-state index in [9.17, 15) is 4.79 Å². The highest BCUT2D eigenvalue weighted by Gasteiger charge is 2.29. The number of hydrogen-bond acceptors (Lipinski definition) is 4. The SMILES string of the molecule is Cl.O=C(c1ccc2c(c1)COC2)N1CCNCC1c1cccnc1. The molecule has 24 heavy (non-hydrogen) atoms. The molecule has 2 aliphatic rings. The number of halogens is 1. The fourth-order valence-electron chi connectivity index (χ4n) is 3.29. The van der Waals surface area contributed by atoms with Crippen molar-refractivity contribution in [3.63, 3.8) is 0 Å². The first-order valence-electron chi connectivity index (χ1n) is 7.94. The van der Waals surface area contributed by atoms with E-state index in [0.29, 0.717) is 19.8 Å². The van der Waals surface area contributed by atoms with Crippen LogP contribution in [0.1, 0.15) is 33.1 Å². The van der Waals surface area contributed by atoms with Gasteiger partial charge in [0, 0.05) is 37.6 Å². The van der Waals surface area contributed by atoms with Crippen LogP contribution < -0.4 is 5.32 Å². The summed E-state index contributed by atoms with van der Waals surface area (Å²) in [5.74, 6) is 0.0788. The molecule has 2 aromatic rings. The lowest BCUT2D eigenvalue weighted by atomic mass is 10.0. The second kappa shape index (κ2) is 7.30. The molecule has 2 aliphatic heterocycles. The van der Waals surface area contributed by atoms with Crippen molar-refractivity contribution in [2.45, 2.75) is 19.3 Å². The Kier molecular flexibility index (Phi) is 5.14. The summed E-state index contributed by atoms with van der Waals surface area (Å²) in [4.78, 5) is 19.2. The van der Waals surface area contributed by atoms with E-state index in [4.69, 9.17) is 4.74 Å². The van der Waals surface area contributed by atoms with Crippen molar-refractivity contribution in [1.29, 1.82) is 0 Å². The van der Waals surface area contributed by atoms with Crippen LogP contribution in [-0.4, -0.2) is 35.4 Å². The number of carbonyl (C=O) groups excluding carboxylic acids is 1. The average Bonchev–Trinajstić information content (AvgIpc) is 3.09. The minimum absolute atomic E-state index is 0. The Morgan fingerprint density at radius 1 is 1.25 bits per heavy atom. The molecule has 1 N–H and O–H groups in total. The van der Waals surface area contributed by atoms with E-state index in [1.807, 2.05) is 41.4 Å². The molecule has 0 spiro atoms. The zero-order valence-corrected chi connectivity index (χ0v) is 14.1. The smallest absolute Gasteiger partial charge is 0.254 e. The lowest BCUT2D eigenvalue weighted by Crippen LogP contribution is -2.48. The summed E-state index contributed by atoms with van der Waals surface area (Å²) >= 11 is 0. The summed E-state index contributed by atoms with van der Waals surface area (Å²) in [7, 11) is 0. The zero-order valence-electron chi connectivity index (χ0n) is 13.3. The molecule has 0 bridgehead atoms. The third-order valence-electron chi connectivity index (χ3n) is 4.54. The molecule has 126 valence electrons. The first-order chi connectivity index (χ1) is 11.3. The van der Waals surface area contributed by atoms with E-state index < -0.39 is 0 Å². The van der Waals surface area contributed by atoms with Gasteiger partial charge in [-0.25, -0.2) is 0 Å².